The van der Waals surface area contributed by atoms with Gasteiger partial charge in [-0.1, -0.05) is 103 Å². The number of rotatable bonds is 20. The van der Waals surface area contributed by atoms with Crippen molar-refractivity contribution in [1.29, 1.82) is 0 Å². The SMILES string of the molecule is CCCCCCCCCC(C)OC(=O)c1ccccc1C(=O)OC(C)CCCCCCCCC. The quantitative estimate of drug-likeness (QED) is 0.140. The summed E-state index contributed by atoms with van der Waals surface area (Å²) >= 11 is 0. The Morgan fingerprint density at radius 3 is 1.26 bits per heavy atom. The third-order valence-electron chi connectivity index (χ3n) is 6.41. The van der Waals surface area contributed by atoms with Gasteiger partial charge < -0.3 is 9.47 Å². The van der Waals surface area contributed by atoms with E-state index in [-0.39, 0.29) is 12.2 Å². The van der Waals surface area contributed by atoms with Gasteiger partial charge in [0.05, 0.1) is 23.3 Å². The van der Waals surface area contributed by atoms with E-state index >= 15 is 0 Å². The highest BCUT2D eigenvalue weighted by atomic mass is 16.5. The molecule has 0 saturated heterocycles. The number of carbonyl (C=O) groups excluding carboxylic acids is 2. The molecule has 1 aromatic rings. The molecule has 0 fully saturated rings. The molecule has 2 unspecified atom stereocenters. The predicted molar refractivity (Wildman–Crippen MR) is 141 cm³/mol. The minimum atomic E-state index is -0.442. The lowest BCUT2D eigenvalue weighted by Crippen LogP contribution is -2.20. The Bertz CT molecular complexity index is 613. The minimum absolute atomic E-state index is 0.163. The van der Waals surface area contributed by atoms with Gasteiger partial charge in [-0.3, -0.25) is 0 Å². The van der Waals surface area contributed by atoms with Crippen LogP contribution < -0.4 is 0 Å². The molecule has 0 aliphatic rings. The molecule has 0 bridgehead atoms. The van der Waals surface area contributed by atoms with Crippen molar-refractivity contribution in [2.24, 2.45) is 0 Å². The molecule has 2 atom stereocenters. The number of carbonyl (C=O) groups is 2. The lowest BCUT2D eigenvalue weighted by atomic mass is 10.1. The monoisotopic (exact) mass is 474 g/mol. The zero-order valence-corrected chi connectivity index (χ0v) is 22.4. The molecule has 34 heavy (non-hydrogen) atoms. The average Bonchev–Trinajstić information content (AvgIpc) is 2.82. The molecule has 0 N–H and O–H groups in total. The van der Waals surface area contributed by atoms with E-state index in [0.29, 0.717) is 11.1 Å². The third-order valence-corrected chi connectivity index (χ3v) is 6.41. The molecule has 0 aliphatic carbocycles. The highest BCUT2D eigenvalue weighted by molar-refractivity contribution is 6.03. The second-order valence-corrected chi connectivity index (χ2v) is 9.80. The van der Waals surface area contributed by atoms with Gasteiger partial charge in [0.15, 0.2) is 0 Å². The lowest BCUT2D eigenvalue weighted by Gasteiger charge is -2.16. The van der Waals surface area contributed by atoms with E-state index in [0.717, 1.165) is 25.7 Å². The van der Waals surface area contributed by atoms with Crippen molar-refractivity contribution in [3.8, 4) is 0 Å². The largest absolute Gasteiger partial charge is 0.459 e. The molecule has 4 heteroatoms. The zero-order valence-electron chi connectivity index (χ0n) is 22.4. The predicted octanol–water partition coefficient (Wildman–Crippen LogP) is 9.06. The second kappa shape index (κ2) is 19.5. The maximum absolute atomic E-state index is 12.8. The van der Waals surface area contributed by atoms with Crippen molar-refractivity contribution in [3.63, 3.8) is 0 Å². The van der Waals surface area contributed by atoms with Crippen LogP contribution in [0.2, 0.25) is 0 Å². The van der Waals surface area contributed by atoms with Crippen LogP contribution in [-0.2, 0) is 9.47 Å². The number of esters is 2. The molecule has 0 amide bonds. The van der Waals surface area contributed by atoms with Gasteiger partial charge in [-0.25, -0.2) is 9.59 Å². The molecule has 0 spiro atoms. The van der Waals surface area contributed by atoms with Crippen LogP contribution in [-0.4, -0.2) is 24.1 Å². The van der Waals surface area contributed by atoms with Crippen molar-refractivity contribution in [2.75, 3.05) is 0 Å². The van der Waals surface area contributed by atoms with Crippen LogP contribution >= 0.6 is 0 Å². The van der Waals surface area contributed by atoms with Crippen LogP contribution in [0.1, 0.15) is 151 Å². The van der Waals surface area contributed by atoms with Gasteiger partial charge in [-0.2, -0.15) is 0 Å². The molecule has 0 saturated carbocycles. The summed E-state index contributed by atoms with van der Waals surface area (Å²) < 4.78 is 11.3. The van der Waals surface area contributed by atoms with Crippen LogP contribution in [0.5, 0.6) is 0 Å². The standard InChI is InChI=1S/C30H50O4/c1-5-7-9-11-13-15-17-21-25(3)33-29(31)27-23-19-20-24-28(27)30(32)34-26(4)22-18-16-14-12-10-8-6-2/h19-20,23-26H,5-18,21-22H2,1-4H3. The van der Waals surface area contributed by atoms with Gasteiger partial charge in [-0.05, 0) is 51.7 Å². The number of benzene rings is 1. The fraction of sp³-hybridized carbons (Fsp3) is 0.733. The van der Waals surface area contributed by atoms with Gasteiger partial charge >= 0.3 is 11.9 Å². The fourth-order valence-electron chi connectivity index (χ4n) is 4.23. The number of unbranched alkanes of at least 4 members (excludes halogenated alkanes) is 12. The molecular formula is C30H50O4. The number of hydrogen-bond donors (Lipinski definition) is 0. The summed E-state index contributed by atoms with van der Waals surface area (Å²) in [6.07, 6.45) is 18.7. The smallest absolute Gasteiger partial charge is 0.339 e. The minimum Gasteiger partial charge on any atom is -0.459 e. The molecule has 0 radical (unpaired) electrons. The first-order valence-electron chi connectivity index (χ1n) is 14.0. The molecule has 4 nitrogen and oxygen atoms in total. The van der Waals surface area contributed by atoms with E-state index < -0.39 is 11.9 Å². The number of hydrogen-bond acceptors (Lipinski definition) is 4. The van der Waals surface area contributed by atoms with Gasteiger partial charge in [0, 0.05) is 0 Å². The third kappa shape index (κ3) is 13.8. The van der Waals surface area contributed by atoms with Gasteiger partial charge in [-0.15, -0.1) is 0 Å². The molecule has 0 aromatic heterocycles. The molecular weight excluding hydrogens is 424 g/mol. The summed E-state index contributed by atoms with van der Waals surface area (Å²) in [7, 11) is 0. The highest BCUT2D eigenvalue weighted by Gasteiger charge is 2.22. The van der Waals surface area contributed by atoms with Gasteiger partial charge in [0.1, 0.15) is 0 Å². The normalized spacial score (nSPS) is 12.8. The van der Waals surface area contributed by atoms with Crippen molar-refractivity contribution in [3.05, 3.63) is 35.4 Å². The molecule has 1 aromatic carbocycles. The van der Waals surface area contributed by atoms with E-state index in [4.69, 9.17) is 9.47 Å². The molecule has 0 aliphatic heterocycles. The van der Waals surface area contributed by atoms with Crippen LogP contribution in [0.3, 0.4) is 0 Å². The van der Waals surface area contributed by atoms with Crippen LogP contribution in [0.25, 0.3) is 0 Å². The van der Waals surface area contributed by atoms with Crippen molar-refractivity contribution in [1.82, 2.24) is 0 Å². The Kier molecular flexibility index (Phi) is 17.3. The van der Waals surface area contributed by atoms with Crippen LogP contribution in [0.4, 0.5) is 0 Å². The van der Waals surface area contributed by atoms with Crippen molar-refractivity contribution in [2.45, 2.75) is 143 Å². The summed E-state index contributed by atoms with van der Waals surface area (Å²) in [5.41, 5.74) is 0.587. The first-order valence-corrected chi connectivity index (χ1v) is 14.0. The fourth-order valence-corrected chi connectivity index (χ4v) is 4.23. The topological polar surface area (TPSA) is 52.6 Å². The molecule has 194 valence electrons. The Morgan fingerprint density at radius 1 is 0.588 bits per heavy atom. The number of ether oxygens (including phenoxy) is 2. The van der Waals surface area contributed by atoms with Crippen LogP contribution in [0.15, 0.2) is 24.3 Å². The Balaban J connectivity index is 2.41. The summed E-state index contributed by atoms with van der Waals surface area (Å²) in [5, 5.41) is 0. The summed E-state index contributed by atoms with van der Waals surface area (Å²) in [6.45, 7) is 8.32. The molecule has 1 rings (SSSR count). The van der Waals surface area contributed by atoms with E-state index in [9.17, 15) is 9.59 Å². The summed E-state index contributed by atoms with van der Waals surface area (Å²) in [6, 6.07) is 6.83. The molecule has 0 heterocycles. The summed E-state index contributed by atoms with van der Waals surface area (Å²) in [5.74, 6) is -0.884. The van der Waals surface area contributed by atoms with Gasteiger partial charge in [0.25, 0.3) is 0 Å². The first kappa shape index (κ1) is 30.2. The van der Waals surface area contributed by atoms with E-state index in [2.05, 4.69) is 13.8 Å². The summed E-state index contributed by atoms with van der Waals surface area (Å²) in [4.78, 5) is 25.5. The second-order valence-electron chi connectivity index (χ2n) is 9.80. The lowest BCUT2D eigenvalue weighted by molar-refractivity contribution is 0.0270. The van der Waals surface area contributed by atoms with E-state index in [1.807, 2.05) is 13.8 Å². The Morgan fingerprint density at radius 2 is 0.912 bits per heavy atom. The maximum Gasteiger partial charge on any atom is 0.339 e. The Labute approximate surface area is 209 Å². The van der Waals surface area contributed by atoms with Crippen LogP contribution in [0, 0.1) is 0 Å². The zero-order chi connectivity index (χ0) is 25.0. The van der Waals surface area contributed by atoms with Gasteiger partial charge in [0.2, 0.25) is 0 Å². The maximum atomic E-state index is 12.8. The first-order chi connectivity index (χ1) is 16.5. The highest BCUT2D eigenvalue weighted by Crippen LogP contribution is 2.18. The van der Waals surface area contributed by atoms with Crippen molar-refractivity contribution >= 4 is 11.9 Å². The van der Waals surface area contributed by atoms with E-state index in [1.165, 1.54) is 77.0 Å². The Hall–Kier alpha value is -1.84. The van der Waals surface area contributed by atoms with E-state index in [1.54, 1.807) is 24.3 Å². The average molecular weight is 475 g/mol. The van der Waals surface area contributed by atoms with Crippen molar-refractivity contribution < 1.29 is 19.1 Å².